The lowest BCUT2D eigenvalue weighted by molar-refractivity contribution is 0.00549. The predicted molar refractivity (Wildman–Crippen MR) is 74.0 cm³/mol. The summed E-state index contributed by atoms with van der Waals surface area (Å²) >= 11 is 0. The Labute approximate surface area is 113 Å². The first-order valence-corrected chi connectivity index (χ1v) is 6.32. The Morgan fingerprint density at radius 3 is 2.16 bits per heavy atom. The molecule has 0 aliphatic rings. The third-order valence-electron chi connectivity index (χ3n) is 2.61. The molecule has 2 rings (SSSR count). The van der Waals surface area contributed by atoms with Crippen molar-refractivity contribution in [3.05, 3.63) is 66.2 Å². The Balaban J connectivity index is 1.64. The largest absolute Gasteiger partial charge is 0.491 e. The average Bonchev–Trinajstić information content (AvgIpc) is 2.47. The first-order chi connectivity index (χ1) is 9.34. The zero-order valence-electron chi connectivity index (χ0n) is 10.7. The lowest BCUT2D eigenvalue weighted by atomic mass is 10.2. The van der Waals surface area contributed by atoms with Crippen LogP contribution in [0.25, 0.3) is 0 Å². The van der Waals surface area contributed by atoms with Gasteiger partial charge in [-0.25, -0.2) is 0 Å². The van der Waals surface area contributed by atoms with Crippen molar-refractivity contribution in [2.24, 2.45) is 0 Å². The average molecular weight is 258 g/mol. The normalized spacial score (nSPS) is 12.1. The van der Waals surface area contributed by atoms with E-state index in [0.29, 0.717) is 6.61 Å². The molecule has 0 saturated heterocycles. The number of aliphatic hydroxyl groups is 1. The van der Waals surface area contributed by atoms with Crippen LogP contribution < -0.4 is 4.74 Å². The molecule has 19 heavy (non-hydrogen) atoms. The summed E-state index contributed by atoms with van der Waals surface area (Å²) in [5, 5.41) is 9.74. The Morgan fingerprint density at radius 1 is 0.842 bits per heavy atom. The second kappa shape index (κ2) is 7.56. The van der Waals surface area contributed by atoms with Gasteiger partial charge in [-0.05, 0) is 17.7 Å². The fourth-order valence-electron chi connectivity index (χ4n) is 1.64. The molecule has 0 aliphatic carbocycles. The van der Waals surface area contributed by atoms with Gasteiger partial charge in [0.05, 0.1) is 13.2 Å². The van der Waals surface area contributed by atoms with Crippen molar-refractivity contribution in [3.63, 3.8) is 0 Å². The van der Waals surface area contributed by atoms with Gasteiger partial charge in [0, 0.05) is 0 Å². The SMILES string of the molecule is OC(COCc1ccccc1)COc1ccccc1. The van der Waals surface area contributed by atoms with Crippen molar-refractivity contribution in [2.75, 3.05) is 13.2 Å². The van der Waals surface area contributed by atoms with E-state index < -0.39 is 6.10 Å². The van der Waals surface area contributed by atoms with Gasteiger partial charge in [-0.2, -0.15) is 0 Å². The van der Waals surface area contributed by atoms with E-state index in [0.717, 1.165) is 11.3 Å². The van der Waals surface area contributed by atoms with E-state index in [9.17, 15) is 5.11 Å². The number of para-hydroxylation sites is 1. The van der Waals surface area contributed by atoms with Crippen LogP contribution in [-0.4, -0.2) is 24.4 Å². The second-order valence-electron chi connectivity index (χ2n) is 4.28. The maximum absolute atomic E-state index is 9.74. The summed E-state index contributed by atoms with van der Waals surface area (Å²) in [5.41, 5.74) is 1.10. The zero-order chi connectivity index (χ0) is 13.3. The van der Waals surface area contributed by atoms with Crippen LogP contribution in [0.15, 0.2) is 60.7 Å². The second-order valence-corrected chi connectivity index (χ2v) is 4.28. The van der Waals surface area contributed by atoms with Crippen LogP contribution in [0, 0.1) is 0 Å². The van der Waals surface area contributed by atoms with Crippen LogP contribution in [0.1, 0.15) is 5.56 Å². The molecule has 0 spiro atoms. The number of aliphatic hydroxyl groups excluding tert-OH is 1. The van der Waals surface area contributed by atoms with E-state index in [2.05, 4.69) is 0 Å². The number of rotatable bonds is 7. The Morgan fingerprint density at radius 2 is 1.47 bits per heavy atom. The van der Waals surface area contributed by atoms with Crippen LogP contribution in [0.4, 0.5) is 0 Å². The first-order valence-electron chi connectivity index (χ1n) is 6.32. The van der Waals surface area contributed by atoms with Gasteiger partial charge in [0.25, 0.3) is 0 Å². The van der Waals surface area contributed by atoms with Crippen LogP contribution in [0.5, 0.6) is 5.75 Å². The Kier molecular flexibility index (Phi) is 5.41. The molecule has 0 radical (unpaired) electrons. The maximum atomic E-state index is 9.74. The minimum absolute atomic E-state index is 0.235. The van der Waals surface area contributed by atoms with Crippen molar-refractivity contribution in [1.29, 1.82) is 0 Å². The molecule has 2 aromatic carbocycles. The highest BCUT2D eigenvalue weighted by Crippen LogP contribution is 2.08. The summed E-state index contributed by atoms with van der Waals surface area (Å²) in [5.74, 6) is 0.754. The molecule has 3 heteroatoms. The number of benzene rings is 2. The topological polar surface area (TPSA) is 38.7 Å². The summed E-state index contributed by atoms with van der Waals surface area (Å²) in [4.78, 5) is 0. The summed E-state index contributed by atoms with van der Waals surface area (Å²) in [7, 11) is 0. The van der Waals surface area contributed by atoms with Gasteiger partial charge in [0.15, 0.2) is 0 Å². The highest BCUT2D eigenvalue weighted by atomic mass is 16.5. The van der Waals surface area contributed by atoms with E-state index in [1.807, 2.05) is 60.7 Å². The zero-order valence-corrected chi connectivity index (χ0v) is 10.7. The van der Waals surface area contributed by atoms with Crippen molar-refractivity contribution >= 4 is 0 Å². The number of hydrogen-bond acceptors (Lipinski definition) is 3. The molecule has 3 nitrogen and oxygen atoms in total. The summed E-state index contributed by atoms with van der Waals surface area (Å²) in [6, 6.07) is 19.3. The van der Waals surface area contributed by atoms with Gasteiger partial charge >= 0.3 is 0 Å². The van der Waals surface area contributed by atoms with Gasteiger partial charge in [-0.3, -0.25) is 0 Å². The fraction of sp³-hybridized carbons (Fsp3) is 0.250. The lowest BCUT2D eigenvalue weighted by Gasteiger charge is -2.12. The lowest BCUT2D eigenvalue weighted by Crippen LogP contribution is -2.23. The van der Waals surface area contributed by atoms with E-state index in [1.54, 1.807) is 0 Å². The van der Waals surface area contributed by atoms with Crippen LogP contribution >= 0.6 is 0 Å². The molecule has 0 bridgehead atoms. The molecule has 1 atom stereocenters. The van der Waals surface area contributed by atoms with Gasteiger partial charge in [0.1, 0.15) is 18.5 Å². The molecule has 100 valence electrons. The van der Waals surface area contributed by atoms with Gasteiger partial charge in [-0.1, -0.05) is 48.5 Å². The number of hydrogen-bond donors (Lipinski definition) is 1. The van der Waals surface area contributed by atoms with Crippen LogP contribution in [0.3, 0.4) is 0 Å². The highest BCUT2D eigenvalue weighted by Gasteiger charge is 2.05. The quantitative estimate of drug-likeness (QED) is 0.829. The van der Waals surface area contributed by atoms with Crippen molar-refractivity contribution < 1.29 is 14.6 Å². The third-order valence-corrected chi connectivity index (χ3v) is 2.61. The van der Waals surface area contributed by atoms with E-state index in [1.165, 1.54) is 0 Å². The molecule has 0 fully saturated rings. The minimum Gasteiger partial charge on any atom is -0.491 e. The molecular weight excluding hydrogens is 240 g/mol. The van der Waals surface area contributed by atoms with E-state index in [4.69, 9.17) is 9.47 Å². The molecule has 0 amide bonds. The van der Waals surface area contributed by atoms with Gasteiger partial charge in [0.2, 0.25) is 0 Å². The fourth-order valence-corrected chi connectivity index (χ4v) is 1.64. The van der Waals surface area contributed by atoms with Crippen molar-refractivity contribution in [3.8, 4) is 5.75 Å². The standard InChI is InChI=1S/C16H18O3/c17-15(13-19-16-9-5-2-6-10-16)12-18-11-14-7-3-1-4-8-14/h1-10,15,17H,11-13H2. The monoisotopic (exact) mass is 258 g/mol. The first kappa shape index (κ1) is 13.6. The Bertz CT molecular complexity index is 456. The van der Waals surface area contributed by atoms with Gasteiger partial charge in [-0.15, -0.1) is 0 Å². The predicted octanol–water partition coefficient (Wildman–Crippen LogP) is 2.64. The summed E-state index contributed by atoms with van der Waals surface area (Å²) < 4.78 is 10.9. The minimum atomic E-state index is -0.621. The molecular formula is C16H18O3. The number of ether oxygens (including phenoxy) is 2. The highest BCUT2D eigenvalue weighted by molar-refractivity contribution is 5.20. The molecule has 0 aliphatic heterocycles. The summed E-state index contributed by atoms with van der Waals surface area (Å²) in [6.07, 6.45) is -0.621. The van der Waals surface area contributed by atoms with Gasteiger partial charge < -0.3 is 14.6 Å². The molecule has 0 saturated carbocycles. The molecule has 1 unspecified atom stereocenters. The molecule has 2 aromatic rings. The van der Waals surface area contributed by atoms with Crippen LogP contribution in [-0.2, 0) is 11.3 Å². The molecule has 0 heterocycles. The maximum Gasteiger partial charge on any atom is 0.119 e. The van der Waals surface area contributed by atoms with E-state index in [-0.39, 0.29) is 13.2 Å². The van der Waals surface area contributed by atoms with Crippen molar-refractivity contribution in [2.45, 2.75) is 12.7 Å². The van der Waals surface area contributed by atoms with Crippen LogP contribution in [0.2, 0.25) is 0 Å². The smallest absolute Gasteiger partial charge is 0.119 e. The van der Waals surface area contributed by atoms with Crippen molar-refractivity contribution in [1.82, 2.24) is 0 Å². The molecule has 0 aromatic heterocycles. The third kappa shape index (κ3) is 5.12. The summed E-state index contributed by atoms with van der Waals surface area (Å²) in [6.45, 7) is 1.00. The Hall–Kier alpha value is -1.84. The molecule has 1 N–H and O–H groups in total. The van der Waals surface area contributed by atoms with E-state index >= 15 is 0 Å².